The quantitative estimate of drug-likeness (QED) is 0.584. The van der Waals surface area contributed by atoms with Gasteiger partial charge >= 0.3 is 0 Å². The van der Waals surface area contributed by atoms with E-state index in [1.54, 1.807) is 17.1 Å². The Morgan fingerprint density at radius 2 is 1.74 bits per heavy atom. The number of benzene rings is 2. The average Bonchev–Trinajstić information content (AvgIpc) is 3.12. The van der Waals surface area contributed by atoms with Crippen LogP contribution in [0, 0.1) is 0 Å². The van der Waals surface area contributed by atoms with Crippen molar-refractivity contribution >= 4 is 11.0 Å². The normalized spacial score (nSPS) is 12.3. The molecular formula is C18H14N4O. The number of hydrogen-bond acceptors (Lipinski definition) is 3. The number of nitrogens with zero attached hydrogens (tertiary/aromatic N) is 4. The highest BCUT2D eigenvalue weighted by Gasteiger charge is 2.18. The third kappa shape index (κ3) is 2.32. The van der Waals surface area contributed by atoms with Crippen LogP contribution in [0.4, 0.5) is 0 Å². The molecule has 4 rings (SSSR count). The Labute approximate surface area is 132 Å². The first kappa shape index (κ1) is 13.5. The molecule has 0 saturated heterocycles. The Balaban J connectivity index is 2.05. The number of fused-ring (bicyclic) bond motifs is 1. The third-order valence-electron chi connectivity index (χ3n) is 3.84. The van der Waals surface area contributed by atoms with Crippen LogP contribution in [0.5, 0.6) is 0 Å². The number of para-hydroxylation sites is 2. The van der Waals surface area contributed by atoms with Crippen LogP contribution < -0.4 is 5.56 Å². The fourth-order valence-electron chi connectivity index (χ4n) is 2.83. The highest BCUT2D eigenvalue weighted by atomic mass is 16.1. The van der Waals surface area contributed by atoms with Crippen molar-refractivity contribution < 1.29 is 0 Å². The van der Waals surface area contributed by atoms with Gasteiger partial charge in [0.2, 0.25) is 0 Å². The fraction of sp³-hybridized carbons (Fsp3) is 0.0556. The van der Waals surface area contributed by atoms with E-state index < -0.39 is 0 Å². The second kappa shape index (κ2) is 5.53. The predicted octanol–water partition coefficient (Wildman–Crippen LogP) is 2.69. The minimum atomic E-state index is -0.306. The van der Waals surface area contributed by atoms with E-state index in [-0.39, 0.29) is 11.7 Å². The maximum atomic E-state index is 12.6. The van der Waals surface area contributed by atoms with E-state index in [4.69, 9.17) is 0 Å². The molecule has 1 atom stereocenters. The molecule has 2 heterocycles. The van der Waals surface area contributed by atoms with Crippen LogP contribution in [0.25, 0.3) is 11.0 Å². The molecule has 1 unspecified atom stereocenters. The van der Waals surface area contributed by atoms with Gasteiger partial charge in [0.15, 0.2) is 0 Å². The molecule has 23 heavy (non-hydrogen) atoms. The van der Waals surface area contributed by atoms with Crippen molar-refractivity contribution in [2.24, 2.45) is 0 Å². The Bertz CT molecular complexity index is 990. The van der Waals surface area contributed by atoms with Crippen molar-refractivity contribution in [3.8, 4) is 0 Å². The van der Waals surface area contributed by atoms with Gasteiger partial charge in [-0.25, -0.2) is 9.97 Å². The van der Waals surface area contributed by atoms with Crippen molar-refractivity contribution in [1.29, 1.82) is 0 Å². The van der Waals surface area contributed by atoms with Gasteiger partial charge in [0.05, 0.1) is 23.6 Å². The third-order valence-corrected chi connectivity index (χ3v) is 3.84. The molecule has 0 spiro atoms. The van der Waals surface area contributed by atoms with Crippen LogP contribution >= 0.6 is 0 Å². The first-order valence-corrected chi connectivity index (χ1v) is 7.33. The maximum absolute atomic E-state index is 12.6. The minimum Gasteiger partial charge on any atom is -0.312 e. The zero-order valence-corrected chi connectivity index (χ0v) is 12.3. The summed E-state index contributed by atoms with van der Waals surface area (Å²) >= 11 is 0. The molecule has 0 bridgehead atoms. The van der Waals surface area contributed by atoms with E-state index in [1.165, 1.54) is 6.20 Å². The van der Waals surface area contributed by atoms with Crippen LogP contribution in [-0.2, 0) is 0 Å². The lowest BCUT2D eigenvalue weighted by molar-refractivity contribution is 0.502. The Morgan fingerprint density at radius 1 is 0.957 bits per heavy atom. The van der Waals surface area contributed by atoms with E-state index >= 15 is 0 Å². The summed E-state index contributed by atoms with van der Waals surface area (Å²) in [4.78, 5) is 21.0. The van der Waals surface area contributed by atoms with Crippen LogP contribution in [0.1, 0.15) is 11.7 Å². The lowest BCUT2D eigenvalue weighted by Crippen LogP contribution is -2.30. The summed E-state index contributed by atoms with van der Waals surface area (Å²) in [5.41, 5.74) is 2.44. The molecule has 112 valence electrons. The molecule has 0 fully saturated rings. The first-order valence-electron chi connectivity index (χ1n) is 7.33. The smallest absolute Gasteiger partial charge is 0.271 e. The number of imidazole rings is 1. The number of aromatic nitrogens is 4. The zero-order valence-electron chi connectivity index (χ0n) is 12.3. The lowest BCUT2D eigenvalue weighted by Gasteiger charge is -2.23. The van der Waals surface area contributed by atoms with Gasteiger partial charge in [0.25, 0.3) is 5.56 Å². The number of rotatable bonds is 3. The van der Waals surface area contributed by atoms with Crippen molar-refractivity contribution in [2.75, 3.05) is 0 Å². The molecule has 2 aromatic heterocycles. The van der Waals surface area contributed by atoms with E-state index in [0.717, 1.165) is 16.6 Å². The largest absolute Gasteiger partial charge is 0.312 e. The first-order chi connectivity index (χ1) is 11.3. The Kier molecular flexibility index (Phi) is 3.24. The summed E-state index contributed by atoms with van der Waals surface area (Å²) in [6, 6.07) is 17.6. The van der Waals surface area contributed by atoms with Gasteiger partial charge in [-0.15, -0.1) is 0 Å². The lowest BCUT2D eigenvalue weighted by atomic mass is 10.1. The highest BCUT2D eigenvalue weighted by Crippen LogP contribution is 2.22. The van der Waals surface area contributed by atoms with Gasteiger partial charge < -0.3 is 4.57 Å². The Hall–Kier alpha value is -3.21. The second-order valence-electron chi connectivity index (χ2n) is 5.25. The van der Waals surface area contributed by atoms with E-state index in [9.17, 15) is 4.79 Å². The molecule has 0 N–H and O–H groups in total. The van der Waals surface area contributed by atoms with E-state index in [1.807, 2.05) is 65.4 Å². The standard InChI is InChI=1S/C18H14N4O/c23-17-12-20-15-8-4-5-9-16(15)22(17)18(21-11-10-19-13-21)14-6-2-1-3-7-14/h1-13,18H. The highest BCUT2D eigenvalue weighted by molar-refractivity contribution is 5.74. The Morgan fingerprint density at radius 3 is 2.52 bits per heavy atom. The van der Waals surface area contributed by atoms with Crippen molar-refractivity contribution in [2.45, 2.75) is 6.17 Å². The van der Waals surface area contributed by atoms with Gasteiger partial charge in [-0.2, -0.15) is 0 Å². The van der Waals surface area contributed by atoms with Gasteiger partial charge in [0, 0.05) is 12.4 Å². The molecule has 0 aliphatic heterocycles. The van der Waals surface area contributed by atoms with Crippen LogP contribution in [-0.4, -0.2) is 19.1 Å². The SMILES string of the molecule is O=c1cnc2ccccc2n1C(c1ccccc1)n1ccnc1. The molecule has 5 heteroatoms. The number of hydrogen-bond donors (Lipinski definition) is 0. The molecule has 4 aromatic rings. The van der Waals surface area contributed by atoms with Crippen LogP contribution in [0.2, 0.25) is 0 Å². The second-order valence-corrected chi connectivity index (χ2v) is 5.25. The summed E-state index contributed by atoms with van der Waals surface area (Å²) in [5.74, 6) is 0. The van der Waals surface area contributed by atoms with Gasteiger partial charge in [-0.3, -0.25) is 9.36 Å². The minimum absolute atomic E-state index is 0.147. The predicted molar refractivity (Wildman–Crippen MR) is 88.2 cm³/mol. The molecular weight excluding hydrogens is 288 g/mol. The topological polar surface area (TPSA) is 52.7 Å². The van der Waals surface area contributed by atoms with Gasteiger partial charge in [-0.05, 0) is 17.7 Å². The van der Waals surface area contributed by atoms with E-state index in [2.05, 4.69) is 9.97 Å². The molecule has 0 radical (unpaired) electrons. The van der Waals surface area contributed by atoms with Gasteiger partial charge in [0.1, 0.15) is 6.17 Å². The van der Waals surface area contributed by atoms with Crippen molar-refractivity contribution in [3.05, 3.63) is 95.4 Å². The summed E-state index contributed by atoms with van der Waals surface area (Å²) in [7, 11) is 0. The molecule has 0 amide bonds. The van der Waals surface area contributed by atoms with E-state index in [0.29, 0.717) is 0 Å². The van der Waals surface area contributed by atoms with Crippen molar-refractivity contribution in [3.63, 3.8) is 0 Å². The van der Waals surface area contributed by atoms with Crippen molar-refractivity contribution in [1.82, 2.24) is 19.1 Å². The summed E-state index contributed by atoms with van der Waals surface area (Å²) in [6.07, 6.45) is 6.36. The summed E-state index contributed by atoms with van der Waals surface area (Å²) < 4.78 is 3.67. The van der Waals surface area contributed by atoms with Crippen LogP contribution in [0.3, 0.4) is 0 Å². The molecule has 2 aromatic carbocycles. The molecule has 0 saturated carbocycles. The zero-order chi connectivity index (χ0) is 15.6. The molecule has 0 aliphatic carbocycles. The van der Waals surface area contributed by atoms with Gasteiger partial charge in [-0.1, -0.05) is 42.5 Å². The molecule has 5 nitrogen and oxygen atoms in total. The maximum Gasteiger partial charge on any atom is 0.271 e. The summed E-state index contributed by atoms with van der Waals surface area (Å²) in [6.45, 7) is 0. The summed E-state index contributed by atoms with van der Waals surface area (Å²) in [5, 5.41) is 0. The average molecular weight is 302 g/mol. The monoisotopic (exact) mass is 302 g/mol. The fourth-order valence-corrected chi connectivity index (χ4v) is 2.83. The van der Waals surface area contributed by atoms with Crippen LogP contribution in [0.15, 0.2) is 84.3 Å². The molecule has 0 aliphatic rings.